The number of piperidine rings is 1. The Morgan fingerprint density at radius 1 is 1.13 bits per heavy atom. The van der Waals surface area contributed by atoms with Crippen molar-refractivity contribution in [3.8, 4) is 22.8 Å². The molecule has 7 heteroatoms. The minimum Gasteiger partial charge on any atom is -0.496 e. The number of fused-ring (bicyclic) bond motifs is 1. The third-order valence-electron chi connectivity index (χ3n) is 6.00. The van der Waals surface area contributed by atoms with Crippen molar-refractivity contribution < 1.29 is 19.0 Å². The van der Waals surface area contributed by atoms with Gasteiger partial charge in [-0.3, -0.25) is 4.79 Å². The molecule has 0 saturated carbocycles. The second-order valence-corrected chi connectivity index (χ2v) is 8.55. The number of aliphatic hydroxyl groups excluding tert-OH is 1. The van der Waals surface area contributed by atoms with Crippen LogP contribution in [0.5, 0.6) is 11.5 Å². The Bertz CT molecular complexity index is 1160. The van der Waals surface area contributed by atoms with Crippen LogP contribution in [0.4, 0.5) is 0 Å². The van der Waals surface area contributed by atoms with Crippen molar-refractivity contribution in [1.29, 1.82) is 0 Å². The summed E-state index contributed by atoms with van der Waals surface area (Å²) in [6.45, 7) is 3.39. The zero-order valence-electron chi connectivity index (χ0n) is 18.0. The average Bonchev–Trinajstić information content (AvgIpc) is 2.73. The molecule has 1 N–H and O–H groups in total. The fourth-order valence-corrected chi connectivity index (χ4v) is 4.93. The van der Waals surface area contributed by atoms with E-state index in [4.69, 9.17) is 25.5 Å². The van der Waals surface area contributed by atoms with Crippen molar-refractivity contribution in [2.24, 2.45) is 5.92 Å². The molecule has 0 amide bonds. The van der Waals surface area contributed by atoms with Gasteiger partial charge in [0.2, 0.25) is 0 Å². The van der Waals surface area contributed by atoms with Crippen LogP contribution in [0, 0.1) is 5.92 Å². The van der Waals surface area contributed by atoms with Crippen LogP contribution in [0.25, 0.3) is 22.3 Å². The van der Waals surface area contributed by atoms with Gasteiger partial charge in [0.25, 0.3) is 0 Å². The van der Waals surface area contributed by atoms with Crippen molar-refractivity contribution in [2.45, 2.75) is 18.9 Å². The summed E-state index contributed by atoms with van der Waals surface area (Å²) in [6, 6.07) is 10.3. The van der Waals surface area contributed by atoms with Gasteiger partial charge in [0, 0.05) is 42.3 Å². The fraction of sp³-hybridized carbons (Fsp3) is 0.375. The zero-order valence-corrected chi connectivity index (χ0v) is 18.8. The fourth-order valence-electron chi connectivity index (χ4n) is 4.71. The van der Waals surface area contributed by atoms with E-state index in [0.717, 1.165) is 6.54 Å². The Morgan fingerprint density at radius 3 is 2.48 bits per heavy atom. The second-order valence-electron chi connectivity index (χ2n) is 8.15. The van der Waals surface area contributed by atoms with Crippen molar-refractivity contribution in [3.63, 3.8) is 0 Å². The van der Waals surface area contributed by atoms with Crippen LogP contribution in [-0.4, -0.2) is 50.5 Å². The number of likely N-dealkylation sites (N-methyl/N-ethyl adjacent to an activating group) is 1. The molecule has 0 radical (unpaired) electrons. The molecule has 3 atom stereocenters. The summed E-state index contributed by atoms with van der Waals surface area (Å²) in [5.74, 6) is 1.07. The lowest BCUT2D eigenvalue weighted by Crippen LogP contribution is -2.45. The highest BCUT2D eigenvalue weighted by Crippen LogP contribution is 2.45. The van der Waals surface area contributed by atoms with Crippen molar-refractivity contribution in [2.75, 3.05) is 34.4 Å². The number of hydrogen-bond acceptors (Lipinski definition) is 6. The number of nitrogens with zero attached hydrogens (tertiary/aromatic N) is 1. The lowest BCUT2D eigenvalue weighted by molar-refractivity contribution is 0.0343. The molecular weight excluding hydrogens is 418 g/mol. The first-order valence-electron chi connectivity index (χ1n) is 10.2. The van der Waals surface area contributed by atoms with Crippen molar-refractivity contribution in [3.05, 3.63) is 57.2 Å². The van der Waals surface area contributed by atoms with Crippen LogP contribution in [-0.2, 0) is 0 Å². The molecule has 1 aromatic heterocycles. The predicted octanol–water partition coefficient (Wildman–Crippen LogP) is 4.16. The first-order valence-corrected chi connectivity index (χ1v) is 10.6. The molecule has 1 fully saturated rings. The molecule has 2 aromatic carbocycles. The van der Waals surface area contributed by atoms with E-state index in [9.17, 15) is 9.90 Å². The maximum Gasteiger partial charge on any atom is 0.197 e. The quantitative estimate of drug-likeness (QED) is 0.653. The molecule has 0 aliphatic carbocycles. The zero-order chi connectivity index (χ0) is 22.3. The molecule has 1 aliphatic rings. The molecule has 6 nitrogen and oxygen atoms in total. The molecule has 4 rings (SSSR count). The third kappa shape index (κ3) is 3.80. The monoisotopic (exact) mass is 443 g/mol. The molecule has 1 saturated heterocycles. The second kappa shape index (κ2) is 8.54. The van der Waals surface area contributed by atoms with Gasteiger partial charge in [0.05, 0.1) is 25.3 Å². The molecule has 0 spiro atoms. The Hall–Kier alpha value is -2.54. The van der Waals surface area contributed by atoms with Crippen LogP contribution in [0.2, 0.25) is 5.02 Å². The van der Waals surface area contributed by atoms with Gasteiger partial charge < -0.3 is 23.9 Å². The molecule has 0 unspecified atom stereocenters. The highest BCUT2D eigenvalue weighted by atomic mass is 35.5. The van der Waals surface area contributed by atoms with Gasteiger partial charge in [-0.1, -0.05) is 30.7 Å². The SMILES string of the molecule is COc1cc(OC)c2c(=O)cc(-c3ccccc3Cl)oc2c1[C@H]1[C@H](C)CN(C)C[C@H]1O. The number of hydrogen-bond donors (Lipinski definition) is 1. The number of aliphatic hydroxyl groups is 1. The summed E-state index contributed by atoms with van der Waals surface area (Å²) in [4.78, 5) is 15.3. The van der Waals surface area contributed by atoms with Crippen molar-refractivity contribution in [1.82, 2.24) is 4.90 Å². The number of methoxy groups -OCH3 is 2. The average molecular weight is 444 g/mol. The molecule has 2 heterocycles. The Labute approximate surface area is 185 Å². The lowest BCUT2D eigenvalue weighted by atomic mass is 9.78. The molecular formula is C24H26ClNO5. The van der Waals surface area contributed by atoms with Gasteiger partial charge in [0.1, 0.15) is 28.2 Å². The summed E-state index contributed by atoms with van der Waals surface area (Å²) in [6.07, 6.45) is -0.645. The number of β-amino-alcohol motifs (C(OH)–C–C–N with tert-alkyl or cyclic N) is 1. The van der Waals surface area contributed by atoms with E-state index in [1.54, 1.807) is 25.3 Å². The topological polar surface area (TPSA) is 72.1 Å². The minimum atomic E-state index is -0.645. The van der Waals surface area contributed by atoms with Gasteiger partial charge in [-0.2, -0.15) is 0 Å². The molecule has 164 valence electrons. The highest BCUT2D eigenvalue weighted by molar-refractivity contribution is 6.33. The third-order valence-corrected chi connectivity index (χ3v) is 6.33. The molecule has 3 aromatic rings. The first kappa shape index (κ1) is 21.7. The van der Waals surface area contributed by atoms with E-state index in [1.807, 2.05) is 19.2 Å². The van der Waals surface area contributed by atoms with E-state index in [1.165, 1.54) is 13.2 Å². The van der Waals surface area contributed by atoms with Crippen LogP contribution in [0.3, 0.4) is 0 Å². The summed E-state index contributed by atoms with van der Waals surface area (Å²) in [5, 5.41) is 11.8. The summed E-state index contributed by atoms with van der Waals surface area (Å²) < 4.78 is 17.5. The Kier molecular flexibility index (Phi) is 5.97. The molecule has 31 heavy (non-hydrogen) atoms. The van der Waals surface area contributed by atoms with E-state index in [0.29, 0.717) is 50.9 Å². The van der Waals surface area contributed by atoms with Crippen LogP contribution >= 0.6 is 11.6 Å². The first-order chi connectivity index (χ1) is 14.8. The van der Waals surface area contributed by atoms with Gasteiger partial charge >= 0.3 is 0 Å². The Morgan fingerprint density at radius 2 is 1.84 bits per heavy atom. The highest BCUT2D eigenvalue weighted by Gasteiger charge is 2.38. The number of halogens is 1. The number of ether oxygens (including phenoxy) is 2. The summed E-state index contributed by atoms with van der Waals surface area (Å²) in [7, 11) is 5.05. The molecule has 0 bridgehead atoms. The largest absolute Gasteiger partial charge is 0.496 e. The minimum absolute atomic E-state index is 0.105. The van der Waals surface area contributed by atoms with Gasteiger partial charge in [-0.25, -0.2) is 0 Å². The smallest absolute Gasteiger partial charge is 0.197 e. The maximum absolute atomic E-state index is 13.2. The van der Waals surface area contributed by atoms with Crippen LogP contribution < -0.4 is 14.9 Å². The lowest BCUT2D eigenvalue weighted by Gasteiger charge is -2.39. The number of rotatable bonds is 4. The van der Waals surface area contributed by atoms with E-state index in [2.05, 4.69) is 11.8 Å². The van der Waals surface area contributed by atoms with Gasteiger partial charge in [-0.15, -0.1) is 0 Å². The maximum atomic E-state index is 13.2. The number of benzene rings is 2. The van der Waals surface area contributed by atoms with E-state index < -0.39 is 6.10 Å². The van der Waals surface area contributed by atoms with E-state index in [-0.39, 0.29) is 17.3 Å². The Balaban J connectivity index is 2.07. The summed E-state index contributed by atoms with van der Waals surface area (Å²) >= 11 is 6.37. The normalized spacial score (nSPS) is 21.9. The standard InChI is InChI=1S/C24H26ClNO5/c1-13-11-26(2)12-17(28)21(13)23-20(30-4)10-19(29-3)22-16(27)9-18(31-24(22)23)14-7-5-6-8-15(14)25/h5-10,13,17,21,28H,11-12H2,1-4H3/t13-,17-,21+/m1/s1. The van der Waals surface area contributed by atoms with Gasteiger partial charge in [-0.05, 0) is 25.1 Å². The van der Waals surface area contributed by atoms with Crippen molar-refractivity contribution >= 4 is 22.6 Å². The van der Waals surface area contributed by atoms with E-state index >= 15 is 0 Å². The predicted molar refractivity (Wildman–Crippen MR) is 121 cm³/mol. The summed E-state index contributed by atoms with van der Waals surface area (Å²) in [5.41, 5.74) is 1.41. The molecule has 1 aliphatic heterocycles. The van der Waals surface area contributed by atoms with Gasteiger partial charge in [0.15, 0.2) is 5.43 Å². The van der Waals surface area contributed by atoms with Crippen LogP contribution in [0.15, 0.2) is 45.6 Å². The number of likely N-dealkylation sites (tertiary alicyclic amines) is 1. The van der Waals surface area contributed by atoms with Crippen LogP contribution in [0.1, 0.15) is 18.4 Å².